The number of unbranched alkanes of at least 4 members (excludes halogenated alkanes) is 1. The molecule has 0 atom stereocenters. The molecule has 1 aromatic carbocycles. The summed E-state index contributed by atoms with van der Waals surface area (Å²) in [5, 5.41) is 0.431. The Hall–Kier alpha value is -2.61. The number of anilines is 2. The maximum Gasteiger partial charge on any atom is 0.315 e. The highest BCUT2D eigenvalue weighted by atomic mass is 32.1. The minimum absolute atomic E-state index is 0.152. The molecule has 3 rings (SSSR count). The van der Waals surface area contributed by atoms with Crippen LogP contribution >= 0.6 is 11.3 Å². The fourth-order valence-electron chi connectivity index (χ4n) is 2.97. The van der Waals surface area contributed by atoms with Gasteiger partial charge in [-0.05, 0) is 18.6 Å². The largest absolute Gasteiger partial charge is 0.397 e. The molecule has 0 radical (unpaired) electrons. The van der Waals surface area contributed by atoms with E-state index in [0.29, 0.717) is 42.4 Å². The van der Waals surface area contributed by atoms with Gasteiger partial charge in [-0.1, -0.05) is 25.5 Å². The first kappa shape index (κ1) is 18.2. The van der Waals surface area contributed by atoms with E-state index in [9.17, 15) is 9.59 Å². The van der Waals surface area contributed by atoms with Crippen LogP contribution in [0.3, 0.4) is 0 Å². The molecule has 2 heterocycles. The molecule has 138 valence electrons. The van der Waals surface area contributed by atoms with Gasteiger partial charge in [-0.3, -0.25) is 4.79 Å². The van der Waals surface area contributed by atoms with Crippen molar-refractivity contribution in [1.82, 2.24) is 9.88 Å². The molecule has 0 spiro atoms. The molecule has 1 aliphatic heterocycles. The zero-order valence-electron chi connectivity index (χ0n) is 14.8. The Labute approximate surface area is 156 Å². The number of urea groups is 1. The Morgan fingerprint density at radius 1 is 1.35 bits per heavy atom. The monoisotopic (exact) mass is 373 g/mol. The van der Waals surface area contributed by atoms with Crippen molar-refractivity contribution in [1.29, 1.82) is 0 Å². The van der Waals surface area contributed by atoms with Gasteiger partial charge in [0.05, 0.1) is 23.6 Å². The molecule has 0 unspecified atom stereocenters. The number of hydrogen-bond acceptors (Lipinski definition) is 5. The van der Waals surface area contributed by atoms with E-state index >= 15 is 0 Å². The average molecular weight is 373 g/mol. The maximum absolute atomic E-state index is 13.1. The Balaban J connectivity index is 1.88. The van der Waals surface area contributed by atoms with Crippen LogP contribution in [0, 0.1) is 0 Å². The van der Waals surface area contributed by atoms with Gasteiger partial charge in [-0.15, -0.1) is 11.3 Å². The molecule has 26 heavy (non-hydrogen) atoms. The Kier molecular flexibility index (Phi) is 5.41. The summed E-state index contributed by atoms with van der Waals surface area (Å²) in [6, 6.07) is 6.92. The number of thiazole rings is 1. The number of primary amides is 1. The second-order valence-electron chi connectivity index (χ2n) is 6.27. The van der Waals surface area contributed by atoms with Crippen molar-refractivity contribution in [3.8, 4) is 0 Å². The Morgan fingerprint density at radius 2 is 2.12 bits per heavy atom. The minimum atomic E-state index is -0.446. The molecule has 4 N–H and O–H groups in total. The number of carbonyl (C=O) groups excluding carboxylic acids is 2. The van der Waals surface area contributed by atoms with Crippen molar-refractivity contribution in [2.45, 2.75) is 32.7 Å². The van der Waals surface area contributed by atoms with Gasteiger partial charge < -0.3 is 21.3 Å². The third-order valence-corrected chi connectivity index (χ3v) is 5.50. The highest BCUT2D eigenvalue weighted by Crippen LogP contribution is 2.29. The van der Waals surface area contributed by atoms with Crippen molar-refractivity contribution in [2.75, 3.05) is 23.7 Å². The molecule has 0 bridgehead atoms. The van der Waals surface area contributed by atoms with E-state index in [1.807, 2.05) is 18.2 Å². The molecule has 0 saturated carbocycles. The first-order chi connectivity index (χ1) is 12.5. The number of nitrogen functional groups attached to an aromatic ring is 1. The van der Waals surface area contributed by atoms with Crippen LogP contribution in [-0.4, -0.2) is 34.9 Å². The quantitative estimate of drug-likeness (QED) is 0.786. The summed E-state index contributed by atoms with van der Waals surface area (Å²) in [4.78, 5) is 33.3. The summed E-state index contributed by atoms with van der Waals surface area (Å²) < 4.78 is 0. The number of nitrogens with zero attached hydrogens (tertiary/aromatic N) is 3. The predicted octanol–water partition coefficient (Wildman–Crippen LogP) is 2.61. The Bertz CT molecular complexity index is 820. The average Bonchev–Trinajstić information content (AvgIpc) is 3.06. The standard InChI is InChI=1S/C18H23N5O2S/c1-2-3-9-23(14-7-5-4-6-12(14)19)17(24)16-21-13-8-10-22(18(20)25)11-15(13)26-16/h4-7H,2-3,8-11,19H2,1H3,(H2,20,25). The van der Waals surface area contributed by atoms with Crippen LogP contribution in [0.2, 0.25) is 0 Å². The van der Waals surface area contributed by atoms with E-state index in [1.54, 1.807) is 15.9 Å². The second kappa shape index (κ2) is 7.74. The summed E-state index contributed by atoms with van der Waals surface area (Å²) in [7, 11) is 0. The lowest BCUT2D eigenvalue weighted by molar-refractivity contribution is 0.0986. The lowest BCUT2D eigenvalue weighted by atomic mass is 10.2. The maximum atomic E-state index is 13.1. The number of para-hydroxylation sites is 2. The molecule has 0 saturated heterocycles. The lowest BCUT2D eigenvalue weighted by Gasteiger charge is -2.23. The Morgan fingerprint density at radius 3 is 2.81 bits per heavy atom. The van der Waals surface area contributed by atoms with Crippen LogP contribution in [0.1, 0.15) is 40.1 Å². The fourth-order valence-corrected chi connectivity index (χ4v) is 4.04. The van der Waals surface area contributed by atoms with Crippen molar-refractivity contribution in [3.63, 3.8) is 0 Å². The number of rotatable bonds is 5. The van der Waals surface area contributed by atoms with E-state index in [1.165, 1.54) is 11.3 Å². The predicted molar refractivity (Wildman–Crippen MR) is 103 cm³/mol. The van der Waals surface area contributed by atoms with E-state index in [-0.39, 0.29) is 5.91 Å². The number of nitrogens with two attached hydrogens (primary N) is 2. The van der Waals surface area contributed by atoms with Gasteiger partial charge in [-0.25, -0.2) is 9.78 Å². The molecule has 7 nitrogen and oxygen atoms in total. The smallest absolute Gasteiger partial charge is 0.315 e. The summed E-state index contributed by atoms with van der Waals surface area (Å²) in [5.74, 6) is -0.152. The molecule has 0 fully saturated rings. The first-order valence-electron chi connectivity index (χ1n) is 8.70. The summed E-state index contributed by atoms with van der Waals surface area (Å²) in [6.45, 7) is 3.61. The topological polar surface area (TPSA) is 106 Å². The van der Waals surface area contributed by atoms with Crippen LogP contribution in [0.25, 0.3) is 0 Å². The van der Waals surface area contributed by atoms with Crippen LogP contribution < -0.4 is 16.4 Å². The molecular weight excluding hydrogens is 350 g/mol. The third kappa shape index (κ3) is 3.65. The van der Waals surface area contributed by atoms with Crippen molar-refractivity contribution in [2.24, 2.45) is 5.73 Å². The van der Waals surface area contributed by atoms with Gasteiger partial charge in [0.15, 0.2) is 5.01 Å². The molecule has 1 aliphatic rings. The number of amides is 3. The van der Waals surface area contributed by atoms with Crippen molar-refractivity contribution in [3.05, 3.63) is 39.8 Å². The van der Waals surface area contributed by atoms with E-state index < -0.39 is 6.03 Å². The van der Waals surface area contributed by atoms with E-state index in [0.717, 1.165) is 23.4 Å². The van der Waals surface area contributed by atoms with Crippen LogP contribution in [-0.2, 0) is 13.0 Å². The van der Waals surface area contributed by atoms with Gasteiger partial charge >= 0.3 is 6.03 Å². The summed E-state index contributed by atoms with van der Waals surface area (Å²) in [6.07, 6.45) is 2.46. The number of aromatic nitrogens is 1. The number of hydrogen-bond donors (Lipinski definition) is 2. The number of benzene rings is 1. The van der Waals surface area contributed by atoms with Crippen LogP contribution in [0.15, 0.2) is 24.3 Å². The second-order valence-corrected chi connectivity index (χ2v) is 7.35. The molecule has 2 aromatic rings. The van der Waals surface area contributed by atoms with Crippen LogP contribution in [0.4, 0.5) is 16.2 Å². The van der Waals surface area contributed by atoms with E-state index in [4.69, 9.17) is 11.5 Å². The molecule has 0 aliphatic carbocycles. The normalized spacial score (nSPS) is 13.3. The van der Waals surface area contributed by atoms with Gasteiger partial charge in [0.1, 0.15) is 0 Å². The third-order valence-electron chi connectivity index (χ3n) is 4.43. The van der Waals surface area contributed by atoms with Crippen LogP contribution in [0.5, 0.6) is 0 Å². The molecule has 1 aromatic heterocycles. The molecular formula is C18H23N5O2S. The lowest BCUT2D eigenvalue weighted by Crippen LogP contribution is -2.39. The van der Waals surface area contributed by atoms with Gasteiger partial charge in [-0.2, -0.15) is 0 Å². The number of fused-ring (bicyclic) bond motifs is 1. The zero-order chi connectivity index (χ0) is 18.7. The van der Waals surface area contributed by atoms with Gasteiger partial charge in [0, 0.05) is 24.4 Å². The highest BCUT2D eigenvalue weighted by molar-refractivity contribution is 7.13. The summed E-state index contributed by atoms with van der Waals surface area (Å²) in [5.41, 5.74) is 13.6. The SMILES string of the molecule is CCCCN(C(=O)c1nc2c(s1)CN(C(N)=O)CC2)c1ccccc1N. The molecule has 3 amide bonds. The summed E-state index contributed by atoms with van der Waals surface area (Å²) >= 11 is 1.33. The van der Waals surface area contributed by atoms with Crippen molar-refractivity contribution < 1.29 is 9.59 Å². The highest BCUT2D eigenvalue weighted by Gasteiger charge is 2.27. The van der Waals surface area contributed by atoms with Crippen molar-refractivity contribution >= 4 is 34.6 Å². The zero-order valence-corrected chi connectivity index (χ0v) is 15.6. The minimum Gasteiger partial charge on any atom is -0.397 e. The van der Waals surface area contributed by atoms with Gasteiger partial charge in [0.25, 0.3) is 5.91 Å². The fraction of sp³-hybridized carbons (Fsp3) is 0.389. The first-order valence-corrected chi connectivity index (χ1v) is 9.52. The van der Waals surface area contributed by atoms with Gasteiger partial charge in [0.2, 0.25) is 0 Å². The van der Waals surface area contributed by atoms with E-state index in [2.05, 4.69) is 11.9 Å². The number of carbonyl (C=O) groups is 2. The molecule has 8 heteroatoms.